The third-order valence-corrected chi connectivity index (χ3v) is 6.67. The van der Waals surface area contributed by atoms with Crippen LogP contribution >= 0.6 is 0 Å². The maximum atomic E-state index is 12.4. The molecule has 28 heavy (non-hydrogen) atoms. The van der Waals surface area contributed by atoms with Crippen LogP contribution in [0.25, 0.3) is 0 Å². The lowest BCUT2D eigenvalue weighted by Gasteiger charge is -2.13. The van der Waals surface area contributed by atoms with Crippen LogP contribution in [-0.2, 0) is 23.0 Å². The summed E-state index contributed by atoms with van der Waals surface area (Å²) in [6, 6.07) is 13.9. The standard InChI is InChI=1S/C22H28N2O3S/c1-16-4-5-17(2)21(12-16)14-23-22(25)20-8-6-18(7-9-20)13-19-10-11-24(15-19)28(3,26)27/h4-9,12,19H,10-11,13-15H2,1-3H3,(H,23,25). The van der Waals surface area contributed by atoms with Crippen LogP contribution in [0, 0.1) is 19.8 Å². The van der Waals surface area contributed by atoms with E-state index >= 15 is 0 Å². The normalized spacial score (nSPS) is 17.6. The van der Waals surface area contributed by atoms with Crippen molar-refractivity contribution in [3.63, 3.8) is 0 Å². The van der Waals surface area contributed by atoms with Crippen LogP contribution in [0.3, 0.4) is 0 Å². The van der Waals surface area contributed by atoms with Crippen molar-refractivity contribution < 1.29 is 13.2 Å². The second-order valence-electron chi connectivity index (χ2n) is 7.79. The maximum Gasteiger partial charge on any atom is 0.251 e. The smallest absolute Gasteiger partial charge is 0.251 e. The zero-order valence-electron chi connectivity index (χ0n) is 16.7. The molecule has 1 aliphatic heterocycles. The third-order valence-electron chi connectivity index (χ3n) is 5.40. The molecule has 1 N–H and O–H groups in total. The summed E-state index contributed by atoms with van der Waals surface area (Å²) in [6.07, 6.45) is 2.97. The molecule has 0 saturated carbocycles. The van der Waals surface area contributed by atoms with E-state index in [0.717, 1.165) is 24.0 Å². The van der Waals surface area contributed by atoms with E-state index in [-0.39, 0.29) is 5.91 Å². The average molecular weight is 401 g/mol. The Morgan fingerprint density at radius 2 is 1.86 bits per heavy atom. The van der Waals surface area contributed by atoms with E-state index in [0.29, 0.717) is 31.1 Å². The highest BCUT2D eigenvalue weighted by Crippen LogP contribution is 2.23. The van der Waals surface area contributed by atoms with Gasteiger partial charge in [0.15, 0.2) is 0 Å². The summed E-state index contributed by atoms with van der Waals surface area (Å²) < 4.78 is 24.8. The van der Waals surface area contributed by atoms with Gasteiger partial charge in [-0.2, -0.15) is 0 Å². The molecule has 1 aliphatic rings. The van der Waals surface area contributed by atoms with E-state index in [9.17, 15) is 13.2 Å². The van der Waals surface area contributed by atoms with Crippen molar-refractivity contribution in [3.05, 3.63) is 70.3 Å². The highest BCUT2D eigenvalue weighted by Gasteiger charge is 2.28. The van der Waals surface area contributed by atoms with Gasteiger partial charge in [0.1, 0.15) is 0 Å². The average Bonchev–Trinajstić information content (AvgIpc) is 3.12. The molecule has 0 radical (unpaired) electrons. The number of rotatable bonds is 6. The molecule has 0 aliphatic carbocycles. The Morgan fingerprint density at radius 3 is 2.50 bits per heavy atom. The van der Waals surface area contributed by atoms with Crippen LogP contribution in [0.2, 0.25) is 0 Å². The van der Waals surface area contributed by atoms with Crippen molar-refractivity contribution in [2.24, 2.45) is 5.92 Å². The topological polar surface area (TPSA) is 66.5 Å². The number of nitrogens with zero attached hydrogens (tertiary/aromatic N) is 1. The SMILES string of the molecule is Cc1ccc(C)c(CNC(=O)c2ccc(CC3CCN(S(C)(=O)=O)C3)cc2)c1. The predicted octanol–water partition coefficient (Wildman–Crippen LogP) is 3.06. The Morgan fingerprint density at radius 1 is 1.14 bits per heavy atom. The van der Waals surface area contributed by atoms with E-state index in [4.69, 9.17) is 0 Å². The maximum absolute atomic E-state index is 12.4. The van der Waals surface area contributed by atoms with Crippen LogP contribution in [0.1, 0.15) is 39.0 Å². The quantitative estimate of drug-likeness (QED) is 0.810. The van der Waals surface area contributed by atoms with Crippen LogP contribution in [0.5, 0.6) is 0 Å². The Bertz CT molecular complexity index is 952. The summed E-state index contributed by atoms with van der Waals surface area (Å²) >= 11 is 0. The van der Waals surface area contributed by atoms with E-state index in [1.807, 2.05) is 38.1 Å². The van der Waals surface area contributed by atoms with Crippen molar-refractivity contribution >= 4 is 15.9 Å². The summed E-state index contributed by atoms with van der Waals surface area (Å²) in [5, 5.41) is 2.99. The molecule has 150 valence electrons. The number of amides is 1. The van der Waals surface area contributed by atoms with Crippen molar-refractivity contribution in [1.29, 1.82) is 0 Å². The summed E-state index contributed by atoms with van der Waals surface area (Å²) in [6.45, 7) is 5.78. The number of nitrogens with one attached hydrogen (secondary N) is 1. The first-order valence-electron chi connectivity index (χ1n) is 9.61. The van der Waals surface area contributed by atoms with Crippen molar-refractivity contribution in [1.82, 2.24) is 9.62 Å². The molecule has 1 saturated heterocycles. The first-order chi connectivity index (χ1) is 13.2. The van der Waals surface area contributed by atoms with Gasteiger partial charge in [0, 0.05) is 25.2 Å². The van der Waals surface area contributed by atoms with Gasteiger partial charge < -0.3 is 5.32 Å². The monoisotopic (exact) mass is 400 g/mol. The number of carbonyl (C=O) groups excluding carboxylic acids is 1. The number of sulfonamides is 1. The Hall–Kier alpha value is -2.18. The lowest BCUT2D eigenvalue weighted by Crippen LogP contribution is -2.27. The number of hydrogen-bond acceptors (Lipinski definition) is 3. The van der Waals surface area contributed by atoms with Crippen molar-refractivity contribution in [2.45, 2.75) is 33.2 Å². The summed E-state index contributed by atoms with van der Waals surface area (Å²) in [5.41, 5.74) is 5.24. The molecule has 1 fully saturated rings. The van der Waals surface area contributed by atoms with Crippen LogP contribution in [0.15, 0.2) is 42.5 Å². The highest BCUT2D eigenvalue weighted by atomic mass is 32.2. The van der Waals surface area contributed by atoms with Gasteiger partial charge in [0.25, 0.3) is 5.91 Å². The molecule has 1 amide bonds. The van der Waals surface area contributed by atoms with Gasteiger partial charge >= 0.3 is 0 Å². The number of carbonyl (C=O) groups is 1. The van der Waals surface area contributed by atoms with Crippen molar-refractivity contribution in [2.75, 3.05) is 19.3 Å². The van der Waals surface area contributed by atoms with E-state index in [1.165, 1.54) is 17.4 Å². The molecule has 0 bridgehead atoms. The van der Waals surface area contributed by atoms with Gasteiger partial charge in [-0.1, -0.05) is 35.9 Å². The zero-order chi connectivity index (χ0) is 20.3. The molecule has 2 aromatic carbocycles. The van der Waals surface area contributed by atoms with Gasteiger partial charge in [0.05, 0.1) is 6.26 Å². The molecule has 3 rings (SSSR count). The molecule has 2 aromatic rings. The van der Waals surface area contributed by atoms with Gasteiger partial charge in [-0.15, -0.1) is 0 Å². The first kappa shape index (κ1) is 20.6. The van der Waals surface area contributed by atoms with Crippen molar-refractivity contribution in [3.8, 4) is 0 Å². The molecule has 0 spiro atoms. The Labute approximate surface area is 167 Å². The minimum Gasteiger partial charge on any atom is -0.348 e. The fraction of sp³-hybridized carbons (Fsp3) is 0.409. The van der Waals surface area contributed by atoms with Crippen LogP contribution < -0.4 is 5.32 Å². The minimum absolute atomic E-state index is 0.0865. The number of benzene rings is 2. The molecule has 6 heteroatoms. The predicted molar refractivity (Wildman–Crippen MR) is 112 cm³/mol. The molecular formula is C22H28N2O3S. The summed E-state index contributed by atoms with van der Waals surface area (Å²) in [5.74, 6) is 0.246. The lowest BCUT2D eigenvalue weighted by atomic mass is 9.98. The first-order valence-corrected chi connectivity index (χ1v) is 11.5. The molecule has 5 nitrogen and oxygen atoms in total. The summed E-state index contributed by atoms with van der Waals surface area (Å²) in [7, 11) is -3.10. The van der Waals surface area contributed by atoms with Crippen LogP contribution in [0.4, 0.5) is 0 Å². The third kappa shape index (κ3) is 5.20. The van der Waals surface area contributed by atoms with E-state index < -0.39 is 10.0 Å². The highest BCUT2D eigenvalue weighted by molar-refractivity contribution is 7.88. The summed E-state index contributed by atoms with van der Waals surface area (Å²) in [4.78, 5) is 12.4. The molecule has 0 aromatic heterocycles. The van der Waals surface area contributed by atoms with Gasteiger partial charge in [-0.25, -0.2) is 12.7 Å². The Balaban J connectivity index is 1.55. The molecule has 1 unspecified atom stereocenters. The number of hydrogen-bond donors (Lipinski definition) is 1. The van der Waals surface area contributed by atoms with Gasteiger partial charge in [0.2, 0.25) is 10.0 Å². The Kier molecular flexibility index (Phi) is 6.20. The fourth-order valence-corrected chi connectivity index (χ4v) is 4.58. The minimum atomic E-state index is -3.10. The van der Waals surface area contributed by atoms with Crippen LogP contribution in [-0.4, -0.2) is 38.0 Å². The van der Waals surface area contributed by atoms with Gasteiger partial charge in [-0.05, 0) is 61.4 Å². The van der Waals surface area contributed by atoms with E-state index in [2.05, 4.69) is 23.5 Å². The fourth-order valence-electron chi connectivity index (χ4n) is 3.66. The molecular weight excluding hydrogens is 372 g/mol. The molecule has 1 heterocycles. The second-order valence-corrected chi connectivity index (χ2v) is 9.77. The largest absolute Gasteiger partial charge is 0.348 e. The second kappa shape index (κ2) is 8.45. The number of aryl methyl sites for hydroxylation is 2. The van der Waals surface area contributed by atoms with E-state index in [1.54, 1.807) is 4.31 Å². The molecule has 1 atom stereocenters. The van der Waals surface area contributed by atoms with Gasteiger partial charge in [-0.3, -0.25) is 4.79 Å². The lowest BCUT2D eigenvalue weighted by molar-refractivity contribution is 0.0951. The zero-order valence-corrected chi connectivity index (χ0v) is 17.6.